The number of aromatic nitrogens is 1. The fraction of sp³-hybridized carbons (Fsp3) is 0. The lowest BCUT2D eigenvalue weighted by Gasteiger charge is -2.25. The number of hydrogen-bond acceptors (Lipinski definition) is 5. The maximum atomic E-state index is 6.52. The number of furan rings is 3. The van der Waals surface area contributed by atoms with Crippen LogP contribution in [0.3, 0.4) is 0 Å². The average Bonchev–Trinajstić information content (AvgIpc) is 3.76. The number of pyridine rings is 1. The van der Waals surface area contributed by atoms with Gasteiger partial charge in [-0.3, -0.25) is 4.98 Å². The summed E-state index contributed by atoms with van der Waals surface area (Å²) in [4.78, 5) is 6.89. The molecular weight excluding hydrogens is 544 g/mol. The molecule has 0 N–H and O–H groups in total. The first kappa shape index (κ1) is 23.5. The van der Waals surface area contributed by atoms with Gasteiger partial charge in [0, 0.05) is 55.8 Å². The quantitative estimate of drug-likeness (QED) is 0.213. The van der Waals surface area contributed by atoms with E-state index in [4.69, 9.17) is 13.3 Å². The highest BCUT2D eigenvalue weighted by Crippen LogP contribution is 2.45. The van der Waals surface area contributed by atoms with Gasteiger partial charge in [0.05, 0.1) is 23.5 Å². The monoisotopic (exact) mass is 566 g/mol. The molecule has 0 aliphatic heterocycles. The summed E-state index contributed by atoms with van der Waals surface area (Å²) in [6, 6.07) is 41.7. The average molecular weight is 567 g/mol. The summed E-state index contributed by atoms with van der Waals surface area (Å²) in [5.41, 5.74) is 7.75. The Hall–Kier alpha value is -6.07. The maximum Gasteiger partial charge on any atom is 0.155 e. The van der Waals surface area contributed by atoms with E-state index in [2.05, 4.69) is 82.7 Å². The van der Waals surface area contributed by atoms with Crippen LogP contribution in [-0.2, 0) is 0 Å². The van der Waals surface area contributed by atoms with Crippen molar-refractivity contribution in [1.29, 1.82) is 0 Å². The Bertz CT molecular complexity index is 2630. The van der Waals surface area contributed by atoms with Gasteiger partial charge in [-0.05, 0) is 47.9 Å². The van der Waals surface area contributed by atoms with E-state index in [0.29, 0.717) is 0 Å². The number of rotatable bonds is 3. The molecule has 10 rings (SSSR count). The van der Waals surface area contributed by atoms with Gasteiger partial charge in [-0.15, -0.1) is 0 Å². The topological polar surface area (TPSA) is 55.6 Å². The largest absolute Gasteiger partial charge is 0.456 e. The van der Waals surface area contributed by atoms with Crippen molar-refractivity contribution < 1.29 is 13.3 Å². The molecule has 44 heavy (non-hydrogen) atoms. The van der Waals surface area contributed by atoms with E-state index in [1.54, 1.807) is 6.20 Å². The number of fused-ring (bicyclic) bond motifs is 11. The molecule has 0 aliphatic carbocycles. The predicted molar refractivity (Wildman–Crippen MR) is 178 cm³/mol. The summed E-state index contributed by atoms with van der Waals surface area (Å²) >= 11 is 0. The van der Waals surface area contributed by atoms with E-state index in [1.165, 1.54) is 0 Å². The molecule has 0 spiro atoms. The van der Waals surface area contributed by atoms with Crippen molar-refractivity contribution in [2.45, 2.75) is 0 Å². The summed E-state index contributed by atoms with van der Waals surface area (Å²) in [7, 11) is 0. The molecule has 6 aromatic carbocycles. The lowest BCUT2D eigenvalue weighted by Crippen LogP contribution is -2.10. The standard InChI is InChI=1S/C39H22N2O3/c1-2-8-26-23(7-1)13-16-31-38-32(21-40-22-37(38)44-39(26)31)41(24-14-17-29-27-9-3-5-11-33(27)42-35(29)19-24)25-15-18-30-28-10-4-6-12-34(28)43-36(30)20-25/h1-22H. The minimum absolute atomic E-state index is 0.730. The van der Waals surface area contributed by atoms with E-state index in [1.807, 2.05) is 54.7 Å². The fourth-order valence-electron chi connectivity index (χ4n) is 6.74. The van der Waals surface area contributed by atoms with Gasteiger partial charge in [-0.1, -0.05) is 66.7 Å². The zero-order valence-corrected chi connectivity index (χ0v) is 23.3. The van der Waals surface area contributed by atoms with Gasteiger partial charge in [0.25, 0.3) is 0 Å². The van der Waals surface area contributed by atoms with E-state index in [9.17, 15) is 0 Å². The van der Waals surface area contributed by atoms with Gasteiger partial charge in [0.15, 0.2) is 5.58 Å². The second-order valence-electron chi connectivity index (χ2n) is 11.2. The summed E-state index contributed by atoms with van der Waals surface area (Å²) in [5.74, 6) is 0. The lowest BCUT2D eigenvalue weighted by atomic mass is 10.0. The van der Waals surface area contributed by atoms with Gasteiger partial charge >= 0.3 is 0 Å². The van der Waals surface area contributed by atoms with Crippen molar-refractivity contribution in [1.82, 2.24) is 4.98 Å². The Morgan fingerprint density at radius 1 is 0.432 bits per heavy atom. The molecule has 5 heteroatoms. The SMILES string of the molecule is c1ccc2c(c1)ccc1c2oc2cncc(N(c3ccc4c(c3)oc3ccccc34)c3ccc4c(c3)oc3ccccc34)c21. The minimum atomic E-state index is 0.730. The summed E-state index contributed by atoms with van der Waals surface area (Å²) < 4.78 is 19.2. The Labute approximate surface area is 250 Å². The molecule has 206 valence electrons. The van der Waals surface area contributed by atoms with Crippen molar-refractivity contribution in [3.8, 4) is 0 Å². The van der Waals surface area contributed by atoms with Crippen LogP contribution in [0.5, 0.6) is 0 Å². The van der Waals surface area contributed by atoms with E-state index in [0.717, 1.165) is 93.7 Å². The summed E-state index contributed by atoms with van der Waals surface area (Å²) in [6.07, 6.45) is 3.72. The molecule has 0 amide bonds. The molecule has 0 saturated heterocycles. The molecular formula is C39H22N2O3. The Morgan fingerprint density at radius 2 is 1.00 bits per heavy atom. The molecule has 5 nitrogen and oxygen atoms in total. The van der Waals surface area contributed by atoms with Gasteiger partial charge in [-0.2, -0.15) is 0 Å². The smallest absolute Gasteiger partial charge is 0.155 e. The first-order valence-corrected chi connectivity index (χ1v) is 14.6. The molecule has 0 radical (unpaired) electrons. The van der Waals surface area contributed by atoms with Crippen molar-refractivity contribution in [3.63, 3.8) is 0 Å². The third-order valence-corrected chi connectivity index (χ3v) is 8.73. The van der Waals surface area contributed by atoms with Crippen molar-refractivity contribution in [2.75, 3.05) is 4.90 Å². The highest BCUT2D eigenvalue weighted by atomic mass is 16.3. The van der Waals surface area contributed by atoms with Crippen LogP contribution in [0.1, 0.15) is 0 Å². The first-order chi connectivity index (χ1) is 21.8. The van der Waals surface area contributed by atoms with Crippen molar-refractivity contribution >= 4 is 93.7 Å². The van der Waals surface area contributed by atoms with Crippen LogP contribution < -0.4 is 4.90 Å². The van der Waals surface area contributed by atoms with Crippen LogP contribution in [0.25, 0.3) is 76.6 Å². The highest BCUT2D eigenvalue weighted by Gasteiger charge is 2.23. The summed E-state index contributed by atoms with van der Waals surface area (Å²) in [6.45, 7) is 0. The number of nitrogens with zero attached hydrogens (tertiary/aromatic N) is 2. The van der Waals surface area contributed by atoms with E-state index >= 15 is 0 Å². The van der Waals surface area contributed by atoms with Crippen LogP contribution in [0.2, 0.25) is 0 Å². The van der Waals surface area contributed by atoms with Crippen molar-refractivity contribution in [2.24, 2.45) is 0 Å². The van der Waals surface area contributed by atoms with Gasteiger partial charge < -0.3 is 18.2 Å². The van der Waals surface area contributed by atoms with Crippen molar-refractivity contribution in [3.05, 3.63) is 134 Å². The number of anilines is 3. The number of benzene rings is 6. The second kappa shape index (κ2) is 8.72. The molecule has 4 aromatic heterocycles. The molecule has 0 saturated carbocycles. The molecule has 0 bridgehead atoms. The van der Waals surface area contributed by atoms with Crippen LogP contribution >= 0.6 is 0 Å². The molecule has 0 atom stereocenters. The summed E-state index contributed by atoms with van der Waals surface area (Å²) in [5, 5.41) is 8.59. The maximum absolute atomic E-state index is 6.52. The van der Waals surface area contributed by atoms with E-state index < -0.39 is 0 Å². The number of para-hydroxylation sites is 2. The Balaban J connectivity index is 1.28. The van der Waals surface area contributed by atoms with Gasteiger partial charge in [0.1, 0.15) is 27.9 Å². The fourth-order valence-corrected chi connectivity index (χ4v) is 6.74. The molecule has 0 unspecified atom stereocenters. The van der Waals surface area contributed by atoms with Crippen LogP contribution in [-0.4, -0.2) is 4.98 Å². The molecule has 0 fully saturated rings. The van der Waals surface area contributed by atoms with Gasteiger partial charge in [-0.25, -0.2) is 0 Å². The zero-order chi connectivity index (χ0) is 28.8. The minimum Gasteiger partial charge on any atom is -0.456 e. The molecule has 10 aromatic rings. The zero-order valence-electron chi connectivity index (χ0n) is 23.3. The third kappa shape index (κ3) is 3.26. The second-order valence-corrected chi connectivity index (χ2v) is 11.2. The molecule has 0 aliphatic rings. The predicted octanol–water partition coefficient (Wildman–Crippen LogP) is 11.4. The normalized spacial score (nSPS) is 12.1. The first-order valence-electron chi connectivity index (χ1n) is 14.6. The lowest BCUT2D eigenvalue weighted by molar-refractivity contribution is 0.669. The highest BCUT2D eigenvalue weighted by molar-refractivity contribution is 6.19. The third-order valence-electron chi connectivity index (χ3n) is 8.73. The van der Waals surface area contributed by atoms with Crippen LogP contribution in [0.15, 0.2) is 147 Å². The van der Waals surface area contributed by atoms with Gasteiger partial charge in [0.2, 0.25) is 0 Å². The van der Waals surface area contributed by atoms with Crippen LogP contribution in [0.4, 0.5) is 17.1 Å². The Morgan fingerprint density at radius 3 is 1.68 bits per heavy atom. The number of hydrogen-bond donors (Lipinski definition) is 0. The van der Waals surface area contributed by atoms with E-state index in [-0.39, 0.29) is 0 Å². The van der Waals surface area contributed by atoms with Crippen LogP contribution in [0, 0.1) is 0 Å². The Kier molecular flexibility index (Phi) is 4.66. The molecule has 4 heterocycles.